The van der Waals surface area contributed by atoms with Crippen molar-refractivity contribution in [3.63, 3.8) is 0 Å². The second kappa shape index (κ2) is 7.57. The van der Waals surface area contributed by atoms with Crippen LogP contribution in [0.5, 0.6) is 0 Å². The third-order valence-electron chi connectivity index (χ3n) is 5.31. The number of carbonyl (C=O) groups is 1. The molecule has 0 saturated carbocycles. The number of hydrogen-bond acceptors (Lipinski definition) is 5. The molecule has 0 unspecified atom stereocenters. The number of carbonyl (C=O) groups excluding carboxylic acids is 1. The minimum absolute atomic E-state index is 0.0901. The predicted molar refractivity (Wildman–Crippen MR) is 100 cm³/mol. The third kappa shape index (κ3) is 2.97. The first-order valence-electron chi connectivity index (χ1n) is 9.02. The van der Waals surface area contributed by atoms with Gasteiger partial charge in [-0.05, 0) is 42.9 Å². The van der Waals surface area contributed by atoms with E-state index in [0.29, 0.717) is 36.0 Å². The molecule has 0 radical (unpaired) electrons. The van der Waals surface area contributed by atoms with Gasteiger partial charge in [-0.15, -0.1) is 21.8 Å². The summed E-state index contributed by atoms with van der Waals surface area (Å²) in [6.45, 7) is 1.13. The molecule has 4 rings (SSSR count). The normalized spacial score (nSPS) is 12.8. The average molecular weight is 435 g/mol. The van der Waals surface area contributed by atoms with Crippen LogP contribution in [0.25, 0.3) is 5.65 Å². The molecule has 30 heavy (non-hydrogen) atoms. The molecule has 154 valence electrons. The maximum Gasteiger partial charge on any atom is 0.243 e. The Bertz CT molecular complexity index is 1240. The molecular weight excluding hydrogens is 421 g/mol. The lowest BCUT2D eigenvalue weighted by Crippen LogP contribution is -2.34. The summed E-state index contributed by atoms with van der Waals surface area (Å²) in [7, 11) is 0. The topological polar surface area (TPSA) is 87.2 Å². The summed E-state index contributed by atoms with van der Waals surface area (Å²) in [6.07, 6.45) is 2.83. The molecule has 1 aromatic carbocycles. The molecule has 3 aromatic rings. The second-order valence-corrected chi connectivity index (χ2v) is 7.13. The highest BCUT2D eigenvalue weighted by atomic mass is 35.5. The first-order chi connectivity index (χ1) is 14.4. The van der Waals surface area contributed by atoms with Crippen molar-refractivity contribution in [2.24, 2.45) is 0 Å². The Morgan fingerprint density at radius 2 is 2.00 bits per heavy atom. The number of nitriles is 1. The molecular formula is C19H14ClF3N6O. The number of rotatable bonds is 4. The highest BCUT2D eigenvalue weighted by molar-refractivity contribution is 6.29. The molecule has 0 fully saturated rings. The van der Waals surface area contributed by atoms with Crippen molar-refractivity contribution in [1.29, 1.82) is 5.26 Å². The van der Waals surface area contributed by atoms with Gasteiger partial charge in [0, 0.05) is 5.56 Å². The van der Waals surface area contributed by atoms with Gasteiger partial charge in [-0.3, -0.25) is 14.1 Å². The molecule has 0 bridgehead atoms. The number of nitrogens with zero attached hydrogens (tertiary/aromatic N) is 6. The average Bonchev–Trinajstić information content (AvgIpc) is 3.43. The second-order valence-electron chi connectivity index (χ2n) is 6.87. The van der Waals surface area contributed by atoms with Crippen LogP contribution >= 0.6 is 11.6 Å². The number of hydrogen-bond donors (Lipinski definition) is 0. The number of halogens is 4. The van der Waals surface area contributed by atoms with E-state index in [1.165, 1.54) is 0 Å². The van der Waals surface area contributed by atoms with Crippen LogP contribution in [0.4, 0.5) is 19.0 Å². The number of aromatic nitrogens is 4. The van der Waals surface area contributed by atoms with Crippen molar-refractivity contribution in [3.8, 4) is 6.07 Å². The van der Waals surface area contributed by atoms with Crippen LogP contribution < -0.4 is 4.90 Å². The standard InChI is InChI=1S/C19H14ClF3N6O/c1-9-10-3-2-4-11(10)15(21)16(22)12(9)7-28(14(30)5-20)18-17(23)19-27-25-8-29(19)13(6-24)26-18/h8H,2-5,7H2,1H3. The van der Waals surface area contributed by atoms with E-state index in [1.807, 2.05) is 0 Å². The minimum atomic E-state index is -1.09. The Hall–Kier alpha value is -3.19. The summed E-state index contributed by atoms with van der Waals surface area (Å²) < 4.78 is 45.5. The fourth-order valence-electron chi connectivity index (χ4n) is 3.81. The van der Waals surface area contributed by atoms with Gasteiger partial charge in [0.1, 0.15) is 18.3 Å². The van der Waals surface area contributed by atoms with Crippen molar-refractivity contribution < 1.29 is 18.0 Å². The van der Waals surface area contributed by atoms with Gasteiger partial charge in [-0.1, -0.05) is 0 Å². The number of anilines is 1. The van der Waals surface area contributed by atoms with E-state index in [9.17, 15) is 18.8 Å². The van der Waals surface area contributed by atoms with E-state index < -0.39 is 41.6 Å². The van der Waals surface area contributed by atoms with E-state index in [1.54, 1.807) is 13.0 Å². The SMILES string of the molecule is Cc1c(CN(C(=O)CCl)c2nc(C#N)n3cnnc3c2F)c(F)c(F)c2c1CCC2. The first-order valence-corrected chi connectivity index (χ1v) is 9.56. The molecule has 0 N–H and O–H groups in total. The zero-order valence-electron chi connectivity index (χ0n) is 15.7. The quantitative estimate of drug-likeness (QED) is 0.589. The van der Waals surface area contributed by atoms with E-state index in [-0.39, 0.29) is 17.0 Å². The van der Waals surface area contributed by atoms with Crippen molar-refractivity contribution in [3.05, 3.63) is 51.9 Å². The summed E-state index contributed by atoms with van der Waals surface area (Å²) in [4.78, 5) is 17.2. The highest BCUT2D eigenvalue weighted by Crippen LogP contribution is 2.34. The minimum Gasteiger partial charge on any atom is -0.288 e. The Morgan fingerprint density at radius 1 is 1.27 bits per heavy atom. The molecule has 2 aromatic heterocycles. The molecule has 2 heterocycles. The largest absolute Gasteiger partial charge is 0.288 e. The Kier molecular flexibility index (Phi) is 5.07. The van der Waals surface area contributed by atoms with Gasteiger partial charge in [0.15, 0.2) is 17.5 Å². The van der Waals surface area contributed by atoms with Gasteiger partial charge in [0.05, 0.1) is 6.54 Å². The van der Waals surface area contributed by atoms with Crippen LogP contribution in [0.1, 0.15) is 34.5 Å². The van der Waals surface area contributed by atoms with Gasteiger partial charge in [0.2, 0.25) is 23.2 Å². The van der Waals surface area contributed by atoms with Crippen LogP contribution in [-0.2, 0) is 24.2 Å². The van der Waals surface area contributed by atoms with Gasteiger partial charge >= 0.3 is 0 Å². The van der Waals surface area contributed by atoms with Gasteiger partial charge in [-0.2, -0.15) is 14.6 Å². The molecule has 11 heteroatoms. The molecule has 0 saturated heterocycles. The summed E-state index contributed by atoms with van der Waals surface area (Å²) in [5.74, 6) is -5.28. The highest BCUT2D eigenvalue weighted by Gasteiger charge is 2.30. The fraction of sp³-hybridized carbons (Fsp3) is 0.316. The summed E-state index contributed by atoms with van der Waals surface area (Å²) in [5, 5.41) is 16.5. The van der Waals surface area contributed by atoms with E-state index >= 15 is 4.39 Å². The third-order valence-corrected chi connectivity index (χ3v) is 5.54. The molecule has 1 amide bonds. The van der Waals surface area contributed by atoms with Crippen molar-refractivity contribution >= 4 is 29.0 Å². The van der Waals surface area contributed by atoms with Crippen LogP contribution in [-0.4, -0.2) is 31.4 Å². The Morgan fingerprint density at radius 3 is 2.70 bits per heavy atom. The molecule has 0 aliphatic heterocycles. The fourth-order valence-corrected chi connectivity index (χ4v) is 3.96. The molecule has 1 aliphatic rings. The van der Waals surface area contributed by atoms with Crippen LogP contribution in [0.2, 0.25) is 0 Å². The summed E-state index contributed by atoms with van der Waals surface area (Å²) in [5.41, 5.74) is 1.11. The summed E-state index contributed by atoms with van der Waals surface area (Å²) >= 11 is 5.68. The maximum absolute atomic E-state index is 15.1. The molecule has 0 atom stereocenters. The Labute approximate surface area is 173 Å². The van der Waals surface area contributed by atoms with Gasteiger partial charge in [-0.25, -0.2) is 8.78 Å². The zero-order chi connectivity index (χ0) is 21.6. The number of fused-ring (bicyclic) bond motifs is 2. The van der Waals surface area contributed by atoms with Gasteiger partial charge < -0.3 is 0 Å². The van der Waals surface area contributed by atoms with Crippen LogP contribution in [0.3, 0.4) is 0 Å². The number of benzene rings is 1. The first kappa shape index (κ1) is 20.1. The van der Waals surface area contributed by atoms with Crippen LogP contribution in [0.15, 0.2) is 6.33 Å². The Balaban J connectivity index is 1.89. The lowest BCUT2D eigenvalue weighted by molar-refractivity contribution is -0.116. The number of amides is 1. The van der Waals surface area contributed by atoms with Crippen molar-refractivity contribution in [1.82, 2.24) is 19.6 Å². The molecule has 0 spiro atoms. The summed E-state index contributed by atoms with van der Waals surface area (Å²) in [6, 6.07) is 1.77. The lowest BCUT2D eigenvalue weighted by atomic mass is 9.97. The predicted octanol–water partition coefficient (Wildman–Crippen LogP) is 2.98. The van der Waals surface area contributed by atoms with E-state index in [4.69, 9.17) is 11.6 Å². The van der Waals surface area contributed by atoms with Crippen molar-refractivity contribution in [2.75, 3.05) is 10.8 Å². The zero-order valence-corrected chi connectivity index (χ0v) is 16.5. The van der Waals surface area contributed by atoms with E-state index in [2.05, 4.69) is 15.2 Å². The monoisotopic (exact) mass is 434 g/mol. The lowest BCUT2D eigenvalue weighted by Gasteiger charge is -2.24. The smallest absolute Gasteiger partial charge is 0.243 e. The van der Waals surface area contributed by atoms with E-state index in [0.717, 1.165) is 15.6 Å². The van der Waals surface area contributed by atoms with Gasteiger partial charge in [0.25, 0.3) is 0 Å². The number of alkyl halides is 1. The van der Waals surface area contributed by atoms with Crippen molar-refractivity contribution in [2.45, 2.75) is 32.7 Å². The van der Waals surface area contributed by atoms with Crippen LogP contribution in [0, 0.1) is 35.7 Å². The maximum atomic E-state index is 15.1. The molecule has 7 nitrogen and oxygen atoms in total. The molecule has 1 aliphatic carbocycles.